The van der Waals surface area contributed by atoms with Gasteiger partial charge >= 0.3 is 0 Å². The quantitative estimate of drug-likeness (QED) is 0.824. The van der Waals surface area contributed by atoms with Crippen LogP contribution in [0.2, 0.25) is 0 Å². The highest BCUT2D eigenvalue weighted by molar-refractivity contribution is 6.02. The van der Waals surface area contributed by atoms with Crippen molar-refractivity contribution in [2.24, 2.45) is 7.05 Å². The van der Waals surface area contributed by atoms with Gasteiger partial charge < -0.3 is 5.32 Å². The molecule has 0 fully saturated rings. The van der Waals surface area contributed by atoms with E-state index in [0.717, 1.165) is 5.69 Å². The second kappa shape index (κ2) is 4.14. The number of amides is 1. The fourth-order valence-electron chi connectivity index (χ4n) is 1.35. The molecule has 2 heterocycles. The number of pyridine rings is 1. The Bertz CT molecular complexity index is 518. The highest BCUT2D eigenvalue weighted by Gasteiger charge is 2.09. The van der Waals surface area contributed by atoms with Crippen molar-refractivity contribution >= 4 is 11.7 Å². The Hall–Kier alpha value is -2.17. The molecule has 82 valence electrons. The molecule has 0 aliphatic carbocycles. The SMILES string of the molecule is Cc1cccc(C(=O)Nc2ccnn2C)n1. The zero-order valence-corrected chi connectivity index (χ0v) is 9.14. The lowest BCUT2D eigenvalue weighted by Gasteiger charge is -2.04. The molecule has 0 saturated heterocycles. The van der Waals surface area contributed by atoms with Crippen molar-refractivity contribution in [1.29, 1.82) is 0 Å². The van der Waals surface area contributed by atoms with Crippen molar-refractivity contribution in [3.05, 3.63) is 41.9 Å². The van der Waals surface area contributed by atoms with Gasteiger partial charge in [-0.25, -0.2) is 4.98 Å². The van der Waals surface area contributed by atoms with Crippen molar-refractivity contribution in [2.45, 2.75) is 6.92 Å². The van der Waals surface area contributed by atoms with Gasteiger partial charge in [0, 0.05) is 18.8 Å². The molecule has 5 heteroatoms. The Labute approximate surface area is 93.1 Å². The Morgan fingerprint density at radius 3 is 2.81 bits per heavy atom. The van der Waals surface area contributed by atoms with E-state index in [2.05, 4.69) is 15.4 Å². The summed E-state index contributed by atoms with van der Waals surface area (Å²) in [7, 11) is 1.76. The van der Waals surface area contributed by atoms with Crippen molar-refractivity contribution in [1.82, 2.24) is 14.8 Å². The standard InChI is InChI=1S/C11H12N4O/c1-8-4-3-5-9(13-8)11(16)14-10-6-7-12-15(10)2/h3-7H,1-2H3,(H,14,16). The van der Waals surface area contributed by atoms with Crippen molar-refractivity contribution in [3.63, 3.8) is 0 Å². The number of aryl methyl sites for hydroxylation is 2. The van der Waals surface area contributed by atoms with Crippen LogP contribution in [0.15, 0.2) is 30.5 Å². The maximum Gasteiger partial charge on any atom is 0.275 e. The lowest BCUT2D eigenvalue weighted by molar-refractivity contribution is 0.102. The number of rotatable bonds is 2. The van der Waals surface area contributed by atoms with E-state index in [4.69, 9.17) is 0 Å². The smallest absolute Gasteiger partial charge is 0.275 e. The molecule has 0 unspecified atom stereocenters. The fraction of sp³-hybridized carbons (Fsp3) is 0.182. The fourth-order valence-corrected chi connectivity index (χ4v) is 1.35. The summed E-state index contributed by atoms with van der Waals surface area (Å²) in [6.07, 6.45) is 1.62. The van der Waals surface area contributed by atoms with Gasteiger partial charge in [0.2, 0.25) is 0 Å². The monoisotopic (exact) mass is 216 g/mol. The normalized spacial score (nSPS) is 10.1. The molecule has 0 aromatic carbocycles. The van der Waals surface area contributed by atoms with Crippen molar-refractivity contribution in [3.8, 4) is 0 Å². The zero-order valence-electron chi connectivity index (χ0n) is 9.14. The van der Waals surface area contributed by atoms with Gasteiger partial charge in [0.25, 0.3) is 5.91 Å². The van der Waals surface area contributed by atoms with Gasteiger partial charge in [-0.1, -0.05) is 6.07 Å². The third-order valence-corrected chi connectivity index (χ3v) is 2.18. The molecule has 0 saturated carbocycles. The van der Waals surface area contributed by atoms with E-state index in [1.165, 1.54) is 0 Å². The van der Waals surface area contributed by atoms with Gasteiger partial charge in [-0.3, -0.25) is 9.48 Å². The number of nitrogens with one attached hydrogen (secondary N) is 1. The second-order valence-electron chi connectivity index (χ2n) is 3.46. The first-order valence-corrected chi connectivity index (χ1v) is 4.90. The van der Waals surface area contributed by atoms with Crippen LogP contribution in [0, 0.1) is 6.92 Å². The van der Waals surface area contributed by atoms with Crippen molar-refractivity contribution < 1.29 is 4.79 Å². The third kappa shape index (κ3) is 2.08. The minimum atomic E-state index is -0.229. The van der Waals surface area contributed by atoms with E-state index in [1.807, 2.05) is 13.0 Å². The average molecular weight is 216 g/mol. The van der Waals surface area contributed by atoms with Crippen LogP contribution in [0.3, 0.4) is 0 Å². The molecule has 16 heavy (non-hydrogen) atoms. The summed E-state index contributed by atoms with van der Waals surface area (Å²) in [6, 6.07) is 7.06. The number of nitrogens with zero attached hydrogens (tertiary/aromatic N) is 3. The first-order chi connectivity index (χ1) is 7.66. The molecule has 0 atom stereocenters. The van der Waals surface area contributed by atoms with Crippen LogP contribution in [-0.2, 0) is 7.05 Å². The highest BCUT2D eigenvalue weighted by atomic mass is 16.2. The van der Waals surface area contributed by atoms with Crippen LogP contribution in [0.4, 0.5) is 5.82 Å². The number of carbonyl (C=O) groups is 1. The molecule has 5 nitrogen and oxygen atoms in total. The summed E-state index contributed by atoms with van der Waals surface area (Å²) in [5.41, 5.74) is 1.22. The van der Waals surface area contributed by atoms with E-state index in [-0.39, 0.29) is 5.91 Å². The van der Waals surface area contributed by atoms with E-state index < -0.39 is 0 Å². The van der Waals surface area contributed by atoms with E-state index in [1.54, 1.807) is 36.1 Å². The maximum atomic E-state index is 11.8. The molecule has 0 spiro atoms. The van der Waals surface area contributed by atoms with Gasteiger partial charge in [-0.15, -0.1) is 0 Å². The highest BCUT2D eigenvalue weighted by Crippen LogP contribution is 2.06. The van der Waals surface area contributed by atoms with Crippen LogP contribution in [0.1, 0.15) is 16.2 Å². The van der Waals surface area contributed by atoms with Crippen LogP contribution in [-0.4, -0.2) is 20.7 Å². The predicted octanol–water partition coefficient (Wildman–Crippen LogP) is 1.38. The largest absolute Gasteiger partial charge is 0.305 e. The molecule has 2 rings (SSSR count). The van der Waals surface area contributed by atoms with Crippen molar-refractivity contribution in [2.75, 3.05) is 5.32 Å². The molecule has 1 N–H and O–H groups in total. The summed E-state index contributed by atoms with van der Waals surface area (Å²) in [5, 5.41) is 6.70. The minimum Gasteiger partial charge on any atom is -0.305 e. The molecule has 1 amide bonds. The Morgan fingerprint density at radius 2 is 2.19 bits per heavy atom. The first-order valence-electron chi connectivity index (χ1n) is 4.90. The lowest BCUT2D eigenvalue weighted by Crippen LogP contribution is -2.16. The molecule has 2 aromatic heterocycles. The molecule has 2 aromatic rings. The minimum absolute atomic E-state index is 0.229. The lowest BCUT2D eigenvalue weighted by atomic mass is 10.3. The Balaban J connectivity index is 2.18. The van der Waals surface area contributed by atoms with Gasteiger partial charge in [0.15, 0.2) is 0 Å². The molecule has 0 aliphatic rings. The topological polar surface area (TPSA) is 59.8 Å². The Morgan fingerprint density at radius 1 is 1.38 bits per heavy atom. The van der Waals surface area contributed by atoms with Crippen LogP contribution in [0.5, 0.6) is 0 Å². The number of carbonyl (C=O) groups excluding carboxylic acids is 1. The molecular formula is C11H12N4O. The molecule has 0 bridgehead atoms. The number of hydrogen-bond donors (Lipinski definition) is 1. The van der Waals surface area contributed by atoms with Gasteiger partial charge in [-0.2, -0.15) is 5.10 Å². The van der Waals surface area contributed by atoms with Crippen LogP contribution >= 0.6 is 0 Å². The van der Waals surface area contributed by atoms with E-state index >= 15 is 0 Å². The van der Waals surface area contributed by atoms with E-state index in [0.29, 0.717) is 11.5 Å². The maximum absolute atomic E-state index is 11.8. The molecular weight excluding hydrogens is 204 g/mol. The second-order valence-corrected chi connectivity index (χ2v) is 3.46. The first kappa shape index (κ1) is 10.4. The van der Waals surface area contributed by atoms with Gasteiger partial charge in [0.1, 0.15) is 11.5 Å². The van der Waals surface area contributed by atoms with Crippen LogP contribution in [0.25, 0.3) is 0 Å². The van der Waals surface area contributed by atoms with E-state index in [9.17, 15) is 4.79 Å². The van der Waals surface area contributed by atoms with Crippen LogP contribution < -0.4 is 5.32 Å². The summed E-state index contributed by atoms with van der Waals surface area (Å²) in [5.74, 6) is 0.417. The third-order valence-electron chi connectivity index (χ3n) is 2.18. The summed E-state index contributed by atoms with van der Waals surface area (Å²) in [6.45, 7) is 1.85. The molecule has 0 aliphatic heterocycles. The molecule has 0 radical (unpaired) electrons. The number of hydrogen-bond acceptors (Lipinski definition) is 3. The Kier molecular flexibility index (Phi) is 2.68. The predicted molar refractivity (Wildman–Crippen MR) is 60.1 cm³/mol. The zero-order chi connectivity index (χ0) is 11.5. The van der Waals surface area contributed by atoms with Gasteiger partial charge in [0.05, 0.1) is 6.20 Å². The summed E-state index contributed by atoms with van der Waals surface area (Å²) in [4.78, 5) is 15.9. The average Bonchev–Trinajstić information content (AvgIpc) is 2.64. The number of anilines is 1. The summed E-state index contributed by atoms with van der Waals surface area (Å²) >= 11 is 0. The summed E-state index contributed by atoms with van der Waals surface area (Å²) < 4.78 is 1.59. The number of aromatic nitrogens is 3. The van der Waals surface area contributed by atoms with Gasteiger partial charge in [-0.05, 0) is 19.1 Å².